The van der Waals surface area contributed by atoms with Gasteiger partial charge in [0.1, 0.15) is 0 Å². The summed E-state index contributed by atoms with van der Waals surface area (Å²) in [5.74, 6) is 0.102. The van der Waals surface area contributed by atoms with Crippen LogP contribution < -0.4 is 0 Å². The second-order valence-corrected chi connectivity index (χ2v) is 8.19. The molecule has 1 heterocycles. The molecule has 0 atom stereocenters. The predicted octanol–water partition coefficient (Wildman–Crippen LogP) is 4.21. The Kier molecular flexibility index (Phi) is 8.37. The average molecular weight is 418 g/mol. The molecule has 1 saturated heterocycles. The molecule has 0 aromatic heterocycles. The van der Waals surface area contributed by atoms with Crippen LogP contribution in [0.4, 0.5) is 0 Å². The molecule has 0 saturated carbocycles. The summed E-state index contributed by atoms with van der Waals surface area (Å²) in [6.07, 6.45) is 3.56. The Hall–Kier alpha value is -2.97. The molecule has 31 heavy (non-hydrogen) atoms. The predicted molar refractivity (Wildman–Crippen MR) is 122 cm³/mol. The van der Waals surface area contributed by atoms with E-state index < -0.39 is 0 Å². The average Bonchev–Trinajstić information content (AvgIpc) is 3.04. The lowest BCUT2D eigenvalue weighted by Gasteiger charge is -2.22. The van der Waals surface area contributed by atoms with Crippen LogP contribution in [0.2, 0.25) is 0 Å². The summed E-state index contributed by atoms with van der Waals surface area (Å²) in [7, 11) is 0. The number of Topliss-reactive ketones (excluding diaryl/α,β-unsaturated/α-hetero) is 1. The summed E-state index contributed by atoms with van der Waals surface area (Å²) in [6.45, 7) is 6.14. The second-order valence-electron chi connectivity index (χ2n) is 8.19. The number of rotatable bonds is 8. The summed E-state index contributed by atoms with van der Waals surface area (Å²) in [5.41, 5.74) is 3.78. The van der Waals surface area contributed by atoms with Crippen molar-refractivity contribution < 1.29 is 9.59 Å². The van der Waals surface area contributed by atoms with Gasteiger partial charge in [0.25, 0.3) is 0 Å². The third-order valence-corrected chi connectivity index (χ3v) is 5.81. The van der Waals surface area contributed by atoms with Gasteiger partial charge in [-0.3, -0.25) is 14.5 Å². The minimum atomic E-state index is 0.0358. The van der Waals surface area contributed by atoms with E-state index in [0.717, 1.165) is 45.4 Å². The number of carbonyl (C=O) groups is 2. The molecule has 0 radical (unpaired) electrons. The first-order valence-electron chi connectivity index (χ1n) is 11.2. The molecule has 2 aromatic carbocycles. The fourth-order valence-corrected chi connectivity index (χ4v) is 3.99. The van der Waals surface area contributed by atoms with Crippen molar-refractivity contribution in [2.75, 3.05) is 26.2 Å². The van der Waals surface area contributed by atoms with Gasteiger partial charge < -0.3 is 4.90 Å². The van der Waals surface area contributed by atoms with Crippen LogP contribution in [0.15, 0.2) is 48.5 Å². The van der Waals surface area contributed by atoms with Crippen molar-refractivity contribution in [1.82, 2.24) is 9.80 Å². The lowest BCUT2D eigenvalue weighted by molar-refractivity contribution is -0.131. The second kappa shape index (κ2) is 11.4. The maximum atomic E-state index is 12.7. The zero-order valence-corrected chi connectivity index (χ0v) is 18.3. The highest BCUT2D eigenvalue weighted by Crippen LogP contribution is 2.13. The number of hydrogen-bond donors (Lipinski definition) is 0. The Bertz CT molecular complexity index is 913. The number of benzene rings is 2. The van der Waals surface area contributed by atoms with Crippen LogP contribution in [0.3, 0.4) is 0 Å². The zero-order chi connectivity index (χ0) is 22.1. The standard InChI is InChI=1S/C26H31N3O2/c1-2-4-21-9-11-24(12-10-21)25(30)13-14-26(31)29-16-3-15-28(17-18-29)20-23-7-5-22(19-27)6-8-23/h5-12H,2-4,13-18,20H2,1H3. The summed E-state index contributed by atoms with van der Waals surface area (Å²) >= 11 is 0. The molecule has 1 amide bonds. The molecule has 1 fully saturated rings. The van der Waals surface area contributed by atoms with Gasteiger partial charge in [-0.25, -0.2) is 0 Å². The minimum Gasteiger partial charge on any atom is -0.341 e. The van der Waals surface area contributed by atoms with Gasteiger partial charge in [-0.15, -0.1) is 0 Å². The van der Waals surface area contributed by atoms with E-state index in [1.165, 1.54) is 11.1 Å². The molecule has 0 aliphatic carbocycles. The smallest absolute Gasteiger partial charge is 0.223 e. The molecule has 1 aliphatic rings. The van der Waals surface area contributed by atoms with Crippen molar-refractivity contribution >= 4 is 11.7 Å². The zero-order valence-electron chi connectivity index (χ0n) is 18.3. The lowest BCUT2D eigenvalue weighted by atomic mass is 10.0. The molecule has 3 rings (SSSR count). The van der Waals surface area contributed by atoms with E-state index in [1.807, 2.05) is 53.4 Å². The van der Waals surface area contributed by atoms with E-state index in [2.05, 4.69) is 17.9 Å². The maximum absolute atomic E-state index is 12.7. The molecule has 0 unspecified atom stereocenters. The van der Waals surface area contributed by atoms with Crippen LogP contribution in [0.5, 0.6) is 0 Å². The Morgan fingerprint density at radius 2 is 1.61 bits per heavy atom. The topological polar surface area (TPSA) is 64.4 Å². The van der Waals surface area contributed by atoms with Crippen LogP contribution in [-0.4, -0.2) is 47.7 Å². The van der Waals surface area contributed by atoms with Gasteiger partial charge in [0, 0.05) is 51.1 Å². The first-order chi connectivity index (χ1) is 15.1. The Morgan fingerprint density at radius 3 is 2.29 bits per heavy atom. The number of aryl methyl sites for hydroxylation is 1. The van der Waals surface area contributed by atoms with Crippen molar-refractivity contribution in [3.8, 4) is 6.07 Å². The largest absolute Gasteiger partial charge is 0.341 e. The highest BCUT2D eigenvalue weighted by Gasteiger charge is 2.20. The van der Waals surface area contributed by atoms with E-state index in [9.17, 15) is 9.59 Å². The normalized spacial score (nSPS) is 14.6. The first kappa shape index (κ1) is 22.7. The molecule has 0 N–H and O–H groups in total. The van der Waals surface area contributed by atoms with Crippen molar-refractivity contribution in [1.29, 1.82) is 5.26 Å². The lowest BCUT2D eigenvalue weighted by Crippen LogP contribution is -2.35. The van der Waals surface area contributed by atoms with E-state index in [1.54, 1.807) is 0 Å². The van der Waals surface area contributed by atoms with Gasteiger partial charge in [0.05, 0.1) is 11.6 Å². The van der Waals surface area contributed by atoms with Gasteiger partial charge in [-0.1, -0.05) is 49.7 Å². The Labute approximate surface area is 185 Å². The molecular formula is C26H31N3O2. The number of amides is 1. The Balaban J connectivity index is 1.45. The maximum Gasteiger partial charge on any atom is 0.223 e. The van der Waals surface area contributed by atoms with Gasteiger partial charge in [-0.2, -0.15) is 5.26 Å². The van der Waals surface area contributed by atoms with Gasteiger partial charge >= 0.3 is 0 Å². The summed E-state index contributed by atoms with van der Waals surface area (Å²) in [5, 5.41) is 8.92. The number of ketones is 1. The van der Waals surface area contributed by atoms with E-state index in [0.29, 0.717) is 17.7 Å². The number of hydrogen-bond acceptors (Lipinski definition) is 4. The van der Waals surface area contributed by atoms with Crippen molar-refractivity contribution in [3.05, 3.63) is 70.8 Å². The summed E-state index contributed by atoms with van der Waals surface area (Å²) in [6, 6.07) is 17.6. The fourth-order valence-electron chi connectivity index (χ4n) is 3.99. The van der Waals surface area contributed by atoms with Gasteiger partial charge in [-0.05, 0) is 36.1 Å². The highest BCUT2D eigenvalue weighted by molar-refractivity contribution is 5.98. The monoisotopic (exact) mass is 417 g/mol. The van der Waals surface area contributed by atoms with Crippen LogP contribution in [0.25, 0.3) is 0 Å². The SMILES string of the molecule is CCCc1ccc(C(=O)CCC(=O)N2CCCN(Cc3ccc(C#N)cc3)CC2)cc1. The number of carbonyl (C=O) groups excluding carboxylic acids is 2. The minimum absolute atomic E-state index is 0.0358. The van der Waals surface area contributed by atoms with Crippen LogP contribution in [0, 0.1) is 11.3 Å². The van der Waals surface area contributed by atoms with Crippen molar-refractivity contribution in [3.63, 3.8) is 0 Å². The molecule has 162 valence electrons. The molecule has 5 heteroatoms. The van der Waals surface area contributed by atoms with E-state index in [4.69, 9.17) is 5.26 Å². The van der Waals surface area contributed by atoms with E-state index in [-0.39, 0.29) is 24.5 Å². The highest BCUT2D eigenvalue weighted by atomic mass is 16.2. The molecule has 0 spiro atoms. The molecule has 0 bridgehead atoms. The third kappa shape index (κ3) is 6.77. The summed E-state index contributed by atoms with van der Waals surface area (Å²) < 4.78 is 0. The molecule has 1 aliphatic heterocycles. The molecule has 2 aromatic rings. The quantitative estimate of drug-likeness (QED) is 0.604. The number of nitrogens with zero attached hydrogens (tertiary/aromatic N) is 3. The molecular weight excluding hydrogens is 386 g/mol. The first-order valence-corrected chi connectivity index (χ1v) is 11.2. The fraction of sp³-hybridized carbons (Fsp3) is 0.423. The number of nitriles is 1. The molecule has 5 nitrogen and oxygen atoms in total. The summed E-state index contributed by atoms with van der Waals surface area (Å²) in [4.78, 5) is 29.4. The van der Waals surface area contributed by atoms with Crippen LogP contribution in [0.1, 0.15) is 59.7 Å². The van der Waals surface area contributed by atoms with Crippen LogP contribution >= 0.6 is 0 Å². The van der Waals surface area contributed by atoms with Gasteiger partial charge in [0.15, 0.2) is 5.78 Å². The third-order valence-electron chi connectivity index (χ3n) is 5.81. The van der Waals surface area contributed by atoms with E-state index >= 15 is 0 Å². The van der Waals surface area contributed by atoms with Gasteiger partial charge in [0.2, 0.25) is 5.91 Å². The Morgan fingerprint density at radius 1 is 0.903 bits per heavy atom. The van der Waals surface area contributed by atoms with Crippen molar-refractivity contribution in [2.45, 2.75) is 45.6 Å². The van der Waals surface area contributed by atoms with Crippen LogP contribution in [-0.2, 0) is 17.8 Å². The van der Waals surface area contributed by atoms with Crippen molar-refractivity contribution in [2.24, 2.45) is 0 Å².